The van der Waals surface area contributed by atoms with Crippen LogP contribution in [-0.2, 0) is 0 Å². The summed E-state index contributed by atoms with van der Waals surface area (Å²) in [6.45, 7) is 8.11. The normalized spacial score (nSPS) is 15.4. The van der Waals surface area contributed by atoms with Crippen LogP contribution >= 0.6 is 11.3 Å². The summed E-state index contributed by atoms with van der Waals surface area (Å²) in [4.78, 5) is 29.3. The number of nitrogens with zero attached hydrogens (tertiary/aromatic N) is 2. The number of piperazine rings is 1. The molecule has 6 nitrogen and oxygen atoms in total. The number of rotatable bonds is 5. The van der Waals surface area contributed by atoms with Crippen LogP contribution in [0.4, 0.5) is 0 Å². The third kappa shape index (κ3) is 4.29. The van der Waals surface area contributed by atoms with E-state index in [4.69, 9.17) is 4.42 Å². The van der Waals surface area contributed by atoms with Crippen molar-refractivity contribution in [3.8, 4) is 0 Å². The Labute approximate surface area is 151 Å². The first-order valence-electron chi connectivity index (χ1n) is 8.45. The predicted octanol–water partition coefficient (Wildman–Crippen LogP) is 2.15. The Bertz CT molecular complexity index is 731. The summed E-state index contributed by atoms with van der Waals surface area (Å²) in [5.41, 5.74) is 0.661. The second-order valence-corrected chi connectivity index (χ2v) is 7.14. The van der Waals surface area contributed by atoms with E-state index in [2.05, 4.69) is 10.2 Å². The highest BCUT2D eigenvalue weighted by atomic mass is 32.1. The van der Waals surface area contributed by atoms with Crippen molar-refractivity contribution in [3.63, 3.8) is 0 Å². The molecule has 7 heteroatoms. The van der Waals surface area contributed by atoms with E-state index in [0.717, 1.165) is 30.3 Å². The van der Waals surface area contributed by atoms with Crippen LogP contribution in [0.1, 0.15) is 31.6 Å². The molecule has 134 valence electrons. The van der Waals surface area contributed by atoms with Gasteiger partial charge < -0.3 is 14.6 Å². The van der Waals surface area contributed by atoms with Crippen LogP contribution in [0.3, 0.4) is 0 Å². The molecule has 1 fully saturated rings. The largest absolute Gasteiger partial charge is 0.466 e. The van der Waals surface area contributed by atoms with E-state index in [0.29, 0.717) is 31.0 Å². The molecular weight excluding hydrogens is 338 g/mol. The van der Waals surface area contributed by atoms with E-state index in [1.807, 2.05) is 42.3 Å². The Kier molecular flexibility index (Phi) is 5.55. The zero-order chi connectivity index (χ0) is 17.8. The molecule has 2 amide bonds. The summed E-state index contributed by atoms with van der Waals surface area (Å²) in [6, 6.07) is 5.51. The van der Waals surface area contributed by atoms with Gasteiger partial charge in [0, 0.05) is 39.3 Å². The van der Waals surface area contributed by atoms with Gasteiger partial charge in [-0.25, -0.2) is 0 Å². The van der Waals surface area contributed by atoms with Crippen molar-refractivity contribution in [1.29, 1.82) is 0 Å². The van der Waals surface area contributed by atoms with Gasteiger partial charge in [-0.05, 0) is 31.4 Å². The lowest BCUT2D eigenvalue weighted by molar-refractivity contribution is 0.0636. The molecule has 0 atom stereocenters. The predicted molar refractivity (Wildman–Crippen MR) is 97.2 cm³/mol. The second kappa shape index (κ2) is 7.84. The number of carbonyl (C=O) groups is 2. The van der Waals surface area contributed by atoms with Gasteiger partial charge in [-0.3, -0.25) is 14.5 Å². The third-order valence-corrected chi connectivity index (χ3v) is 5.26. The van der Waals surface area contributed by atoms with Crippen LogP contribution in [0.25, 0.3) is 0 Å². The molecule has 3 heterocycles. The van der Waals surface area contributed by atoms with E-state index in [1.54, 1.807) is 0 Å². The van der Waals surface area contributed by atoms with Crippen LogP contribution in [0, 0.1) is 13.8 Å². The van der Waals surface area contributed by atoms with Crippen LogP contribution in [-0.4, -0.2) is 60.9 Å². The minimum atomic E-state index is -0.0189. The maximum Gasteiger partial charge on any atom is 0.261 e. The van der Waals surface area contributed by atoms with Gasteiger partial charge in [-0.15, -0.1) is 11.3 Å². The molecule has 25 heavy (non-hydrogen) atoms. The second-order valence-electron chi connectivity index (χ2n) is 6.19. The summed E-state index contributed by atoms with van der Waals surface area (Å²) in [6.07, 6.45) is 0. The lowest BCUT2D eigenvalue weighted by Gasteiger charge is -2.34. The van der Waals surface area contributed by atoms with E-state index in [-0.39, 0.29) is 11.8 Å². The first-order chi connectivity index (χ1) is 12.0. The summed E-state index contributed by atoms with van der Waals surface area (Å²) in [7, 11) is 0. The SMILES string of the molecule is Cc1cc(C(=O)N2CCN(CCNC(=O)c3cccs3)CC2)c(C)o1. The Morgan fingerprint density at radius 3 is 2.60 bits per heavy atom. The van der Waals surface area contributed by atoms with Gasteiger partial charge in [0.05, 0.1) is 10.4 Å². The highest BCUT2D eigenvalue weighted by Gasteiger charge is 2.24. The highest BCUT2D eigenvalue weighted by Crippen LogP contribution is 2.17. The number of hydrogen-bond donors (Lipinski definition) is 1. The zero-order valence-corrected chi connectivity index (χ0v) is 15.4. The summed E-state index contributed by atoms with van der Waals surface area (Å²) in [5, 5.41) is 4.84. The van der Waals surface area contributed by atoms with Gasteiger partial charge in [0.1, 0.15) is 11.5 Å². The number of amides is 2. The summed E-state index contributed by atoms with van der Waals surface area (Å²) in [5.74, 6) is 1.47. The minimum Gasteiger partial charge on any atom is -0.466 e. The number of aryl methyl sites for hydroxylation is 2. The Balaban J connectivity index is 1.42. The molecule has 1 aliphatic rings. The molecule has 0 spiro atoms. The summed E-state index contributed by atoms with van der Waals surface area (Å²) < 4.78 is 5.46. The van der Waals surface area contributed by atoms with Gasteiger partial charge in [-0.1, -0.05) is 6.07 Å². The van der Waals surface area contributed by atoms with Gasteiger partial charge in [0.25, 0.3) is 11.8 Å². The number of furan rings is 1. The molecule has 3 rings (SSSR count). The quantitative estimate of drug-likeness (QED) is 0.886. The first-order valence-corrected chi connectivity index (χ1v) is 9.33. The molecule has 0 saturated carbocycles. The first kappa shape index (κ1) is 17.7. The van der Waals surface area contributed by atoms with E-state index in [9.17, 15) is 9.59 Å². The van der Waals surface area contributed by atoms with E-state index < -0.39 is 0 Å². The number of nitrogens with one attached hydrogen (secondary N) is 1. The van der Waals surface area contributed by atoms with Crippen LogP contribution in [0.15, 0.2) is 28.0 Å². The van der Waals surface area contributed by atoms with Gasteiger partial charge in [-0.2, -0.15) is 0 Å². The van der Waals surface area contributed by atoms with Gasteiger partial charge in [0.2, 0.25) is 0 Å². The van der Waals surface area contributed by atoms with Crippen LogP contribution in [0.5, 0.6) is 0 Å². The van der Waals surface area contributed by atoms with Crippen molar-refractivity contribution in [2.24, 2.45) is 0 Å². The fourth-order valence-corrected chi connectivity index (χ4v) is 3.65. The van der Waals surface area contributed by atoms with Crippen molar-refractivity contribution in [3.05, 3.63) is 45.5 Å². The number of carbonyl (C=O) groups excluding carboxylic acids is 2. The fraction of sp³-hybridized carbons (Fsp3) is 0.444. The minimum absolute atomic E-state index is 0.0189. The molecule has 0 radical (unpaired) electrons. The molecule has 0 unspecified atom stereocenters. The highest BCUT2D eigenvalue weighted by molar-refractivity contribution is 7.12. The van der Waals surface area contributed by atoms with Crippen molar-refractivity contribution in [1.82, 2.24) is 15.1 Å². The van der Waals surface area contributed by atoms with Crippen molar-refractivity contribution >= 4 is 23.2 Å². The maximum atomic E-state index is 12.6. The molecule has 2 aromatic heterocycles. The smallest absolute Gasteiger partial charge is 0.261 e. The zero-order valence-electron chi connectivity index (χ0n) is 14.6. The average molecular weight is 361 g/mol. The van der Waals surface area contributed by atoms with E-state index >= 15 is 0 Å². The van der Waals surface area contributed by atoms with Gasteiger partial charge >= 0.3 is 0 Å². The Morgan fingerprint density at radius 2 is 2.00 bits per heavy atom. The maximum absolute atomic E-state index is 12.6. The van der Waals surface area contributed by atoms with Crippen LogP contribution < -0.4 is 5.32 Å². The Morgan fingerprint density at radius 1 is 1.24 bits per heavy atom. The lowest BCUT2D eigenvalue weighted by atomic mass is 10.2. The number of thiophene rings is 1. The van der Waals surface area contributed by atoms with Crippen molar-refractivity contribution in [2.75, 3.05) is 39.3 Å². The molecule has 0 bridgehead atoms. The molecule has 1 N–H and O–H groups in total. The average Bonchev–Trinajstić information content (AvgIpc) is 3.24. The van der Waals surface area contributed by atoms with Crippen molar-refractivity contribution < 1.29 is 14.0 Å². The van der Waals surface area contributed by atoms with Crippen LogP contribution in [0.2, 0.25) is 0 Å². The molecule has 2 aromatic rings. The number of hydrogen-bond acceptors (Lipinski definition) is 5. The van der Waals surface area contributed by atoms with E-state index in [1.165, 1.54) is 11.3 Å². The monoisotopic (exact) mass is 361 g/mol. The molecule has 0 aromatic carbocycles. The summed E-state index contributed by atoms with van der Waals surface area (Å²) >= 11 is 1.44. The topological polar surface area (TPSA) is 65.8 Å². The molecule has 1 saturated heterocycles. The van der Waals surface area contributed by atoms with Gasteiger partial charge in [0.15, 0.2) is 0 Å². The lowest BCUT2D eigenvalue weighted by Crippen LogP contribution is -2.50. The Hall–Kier alpha value is -2.12. The van der Waals surface area contributed by atoms with Crippen molar-refractivity contribution in [2.45, 2.75) is 13.8 Å². The molecular formula is C18H23N3O3S. The fourth-order valence-electron chi connectivity index (χ4n) is 3.01. The molecule has 1 aliphatic heterocycles. The third-order valence-electron chi connectivity index (χ3n) is 4.39. The molecule has 0 aliphatic carbocycles. The standard InChI is InChI=1S/C18H23N3O3S/c1-13-12-15(14(2)24-13)18(23)21-9-7-20(8-10-21)6-5-19-17(22)16-4-3-11-25-16/h3-4,11-12H,5-10H2,1-2H3,(H,19,22).